The van der Waals surface area contributed by atoms with Gasteiger partial charge in [-0.3, -0.25) is 0 Å². The first-order valence-corrected chi connectivity index (χ1v) is 6.29. The first-order valence-electron chi connectivity index (χ1n) is 6.29. The number of nitrogens with zero attached hydrogens (tertiary/aromatic N) is 1. The maximum Gasteiger partial charge on any atom is 0.0494 e. The number of rotatable bonds is 7. The SMILES string of the molecule is OCC1CCN(CCCOCC2CC2)C1. The monoisotopic (exact) mass is 213 g/mol. The quantitative estimate of drug-likeness (QED) is 0.643. The summed E-state index contributed by atoms with van der Waals surface area (Å²) in [6, 6.07) is 0. The van der Waals surface area contributed by atoms with Gasteiger partial charge in [0.1, 0.15) is 0 Å². The maximum absolute atomic E-state index is 9.01. The second-order valence-electron chi connectivity index (χ2n) is 5.01. The first kappa shape index (κ1) is 11.4. The zero-order valence-electron chi connectivity index (χ0n) is 9.53. The highest BCUT2D eigenvalue weighted by atomic mass is 16.5. The van der Waals surface area contributed by atoms with Crippen molar-refractivity contribution in [3.63, 3.8) is 0 Å². The summed E-state index contributed by atoms with van der Waals surface area (Å²) in [5.74, 6) is 1.41. The minimum absolute atomic E-state index is 0.356. The Morgan fingerprint density at radius 1 is 1.20 bits per heavy atom. The molecule has 1 unspecified atom stereocenters. The van der Waals surface area contributed by atoms with Crippen molar-refractivity contribution in [2.24, 2.45) is 11.8 Å². The lowest BCUT2D eigenvalue weighted by atomic mass is 10.1. The number of aliphatic hydroxyl groups is 1. The van der Waals surface area contributed by atoms with Gasteiger partial charge in [0.25, 0.3) is 0 Å². The molecule has 0 radical (unpaired) electrons. The van der Waals surface area contributed by atoms with E-state index in [1.54, 1.807) is 0 Å². The molecular weight excluding hydrogens is 190 g/mol. The normalized spacial score (nSPS) is 27.4. The van der Waals surface area contributed by atoms with Crippen molar-refractivity contribution >= 4 is 0 Å². The van der Waals surface area contributed by atoms with Crippen molar-refractivity contribution in [2.45, 2.75) is 25.7 Å². The van der Waals surface area contributed by atoms with Gasteiger partial charge in [-0.1, -0.05) is 0 Å². The Kier molecular flexibility index (Phi) is 4.42. The Hall–Kier alpha value is -0.120. The zero-order chi connectivity index (χ0) is 10.5. The number of ether oxygens (including phenoxy) is 1. The van der Waals surface area contributed by atoms with Crippen molar-refractivity contribution in [1.82, 2.24) is 4.90 Å². The lowest BCUT2D eigenvalue weighted by Crippen LogP contribution is -2.23. The molecule has 1 aliphatic heterocycles. The van der Waals surface area contributed by atoms with E-state index in [9.17, 15) is 0 Å². The summed E-state index contributed by atoms with van der Waals surface area (Å²) in [6.07, 6.45) is 5.07. The van der Waals surface area contributed by atoms with Crippen LogP contribution in [0.3, 0.4) is 0 Å². The second kappa shape index (κ2) is 5.83. The molecule has 0 amide bonds. The topological polar surface area (TPSA) is 32.7 Å². The van der Waals surface area contributed by atoms with Crippen LogP contribution in [-0.4, -0.2) is 49.5 Å². The molecule has 1 heterocycles. The average Bonchev–Trinajstić information content (AvgIpc) is 2.96. The Bertz CT molecular complexity index is 182. The molecular formula is C12H23NO2. The molecule has 3 nitrogen and oxygen atoms in total. The summed E-state index contributed by atoms with van der Waals surface area (Å²) in [7, 11) is 0. The summed E-state index contributed by atoms with van der Waals surface area (Å²) in [4.78, 5) is 2.45. The van der Waals surface area contributed by atoms with Crippen LogP contribution in [0, 0.1) is 11.8 Å². The molecule has 15 heavy (non-hydrogen) atoms. The molecule has 0 spiro atoms. The summed E-state index contributed by atoms with van der Waals surface area (Å²) in [5.41, 5.74) is 0. The molecule has 1 atom stereocenters. The molecule has 0 aromatic rings. The van der Waals surface area contributed by atoms with Gasteiger partial charge < -0.3 is 14.7 Å². The highest BCUT2D eigenvalue weighted by Crippen LogP contribution is 2.28. The third-order valence-corrected chi connectivity index (χ3v) is 3.44. The largest absolute Gasteiger partial charge is 0.396 e. The molecule has 1 saturated carbocycles. The second-order valence-corrected chi connectivity index (χ2v) is 5.01. The number of hydrogen-bond acceptors (Lipinski definition) is 3. The Balaban J connectivity index is 1.43. The van der Waals surface area contributed by atoms with E-state index in [-0.39, 0.29) is 0 Å². The summed E-state index contributed by atoms with van der Waals surface area (Å²) >= 11 is 0. The Morgan fingerprint density at radius 2 is 2.07 bits per heavy atom. The lowest BCUT2D eigenvalue weighted by molar-refractivity contribution is 0.114. The Morgan fingerprint density at radius 3 is 2.73 bits per heavy atom. The van der Waals surface area contributed by atoms with Crippen LogP contribution in [0.2, 0.25) is 0 Å². The molecule has 1 aliphatic carbocycles. The zero-order valence-corrected chi connectivity index (χ0v) is 9.53. The van der Waals surface area contributed by atoms with Gasteiger partial charge in [-0.2, -0.15) is 0 Å². The summed E-state index contributed by atoms with van der Waals surface area (Å²) in [6.45, 7) is 5.64. The van der Waals surface area contributed by atoms with Gasteiger partial charge in [0.15, 0.2) is 0 Å². The predicted octanol–water partition coefficient (Wildman–Crippen LogP) is 1.12. The van der Waals surface area contributed by atoms with E-state index >= 15 is 0 Å². The van der Waals surface area contributed by atoms with Gasteiger partial charge in [0, 0.05) is 32.9 Å². The van der Waals surface area contributed by atoms with E-state index in [0.717, 1.165) is 45.2 Å². The third-order valence-electron chi connectivity index (χ3n) is 3.44. The number of hydrogen-bond donors (Lipinski definition) is 1. The van der Waals surface area contributed by atoms with Crippen LogP contribution in [-0.2, 0) is 4.74 Å². The van der Waals surface area contributed by atoms with E-state index in [1.807, 2.05) is 0 Å². The molecule has 0 aromatic carbocycles. The van der Waals surface area contributed by atoms with Gasteiger partial charge in [0.05, 0.1) is 0 Å². The fourth-order valence-corrected chi connectivity index (χ4v) is 2.19. The van der Waals surface area contributed by atoms with Crippen molar-refractivity contribution in [1.29, 1.82) is 0 Å². The lowest BCUT2D eigenvalue weighted by Gasteiger charge is -2.15. The molecule has 1 N–H and O–H groups in total. The van der Waals surface area contributed by atoms with Gasteiger partial charge in [0.2, 0.25) is 0 Å². The van der Waals surface area contributed by atoms with Gasteiger partial charge in [-0.25, -0.2) is 0 Å². The molecule has 2 fully saturated rings. The minimum atomic E-state index is 0.356. The summed E-state index contributed by atoms with van der Waals surface area (Å²) in [5, 5.41) is 9.01. The van der Waals surface area contributed by atoms with Gasteiger partial charge >= 0.3 is 0 Å². The highest BCUT2D eigenvalue weighted by Gasteiger charge is 2.22. The van der Waals surface area contributed by atoms with E-state index in [0.29, 0.717) is 12.5 Å². The van der Waals surface area contributed by atoms with Crippen molar-refractivity contribution in [2.75, 3.05) is 39.5 Å². The maximum atomic E-state index is 9.01. The van der Waals surface area contributed by atoms with Crippen LogP contribution in [0.4, 0.5) is 0 Å². The Labute approximate surface area is 92.4 Å². The first-order chi connectivity index (χ1) is 7.38. The van der Waals surface area contributed by atoms with Crippen molar-refractivity contribution in [3.8, 4) is 0 Å². The van der Waals surface area contributed by atoms with E-state index in [4.69, 9.17) is 9.84 Å². The van der Waals surface area contributed by atoms with Crippen LogP contribution >= 0.6 is 0 Å². The van der Waals surface area contributed by atoms with Crippen LogP contribution in [0.25, 0.3) is 0 Å². The fourth-order valence-electron chi connectivity index (χ4n) is 2.19. The number of aliphatic hydroxyl groups excluding tert-OH is 1. The van der Waals surface area contributed by atoms with Crippen molar-refractivity contribution in [3.05, 3.63) is 0 Å². The molecule has 0 bridgehead atoms. The van der Waals surface area contributed by atoms with Crippen molar-refractivity contribution < 1.29 is 9.84 Å². The summed E-state index contributed by atoms with van der Waals surface area (Å²) < 4.78 is 5.59. The van der Waals surface area contributed by atoms with E-state index in [2.05, 4.69) is 4.90 Å². The molecule has 3 heteroatoms. The molecule has 2 aliphatic rings. The van der Waals surface area contributed by atoms with Crippen LogP contribution < -0.4 is 0 Å². The fraction of sp³-hybridized carbons (Fsp3) is 1.00. The van der Waals surface area contributed by atoms with Crippen LogP contribution in [0.15, 0.2) is 0 Å². The molecule has 1 saturated heterocycles. The standard InChI is InChI=1S/C12H23NO2/c14-9-12-4-6-13(8-12)5-1-7-15-10-11-2-3-11/h11-12,14H,1-10H2. The molecule has 88 valence electrons. The van der Waals surface area contributed by atoms with E-state index in [1.165, 1.54) is 19.3 Å². The molecule has 2 rings (SSSR count). The number of likely N-dealkylation sites (tertiary alicyclic amines) is 1. The van der Waals surface area contributed by atoms with Gasteiger partial charge in [-0.15, -0.1) is 0 Å². The minimum Gasteiger partial charge on any atom is -0.396 e. The van der Waals surface area contributed by atoms with Crippen LogP contribution in [0.1, 0.15) is 25.7 Å². The smallest absolute Gasteiger partial charge is 0.0494 e. The van der Waals surface area contributed by atoms with Crippen LogP contribution in [0.5, 0.6) is 0 Å². The van der Waals surface area contributed by atoms with Gasteiger partial charge in [-0.05, 0) is 44.1 Å². The molecule has 0 aromatic heterocycles. The predicted molar refractivity (Wildman–Crippen MR) is 59.8 cm³/mol. The van der Waals surface area contributed by atoms with E-state index < -0.39 is 0 Å². The average molecular weight is 213 g/mol. The third kappa shape index (κ3) is 4.09. The highest BCUT2D eigenvalue weighted by molar-refractivity contribution is 4.75.